The van der Waals surface area contributed by atoms with Gasteiger partial charge in [-0.05, 0) is 28.2 Å². The van der Waals surface area contributed by atoms with Crippen LogP contribution in [0.4, 0.5) is 0 Å². The van der Waals surface area contributed by atoms with E-state index >= 15 is 0 Å². The van der Waals surface area contributed by atoms with E-state index in [2.05, 4.69) is 9.80 Å². The standard InChI is InChI=1S/C9H20N2O2/c1-10(2)7-9(8-11(3)4)12-5-6-13-9/h5-8H2,1-4H3. The van der Waals surface area contributed by atoms with Crippen LogP contribution in [0.5, 0.6) is 0 Å². The van der Waals surface area contributed by atoms with E-state index in [4.69, 9.17) is 9.47 Å². The van der Waals surface area contributed by atoms with Crippen LogP contribution in [0.15, 0.2) is 0 Å². The second kappa shape index (κ2) is 4.37. The van der Waals surface area contributed by atoms with E-state index in [1.165, 1.54) is 0 Å². The number of hydrogen-bond donors (Lipinski definition) is 0. The molecule has 0 aromatic rings. The molecule has 0 N–H and O–H groups in total. The summed E-state index contributed by atoms with van der Waals surface area (Å²) in [7, 11) is 8.12. The minimum absolute atomic E-state index is 0.410. The van der Waals surface area contributed by atoms with Gasteiger partial charge in [-0.15, -0.1) is 0 Å². The van der Waals surface area contributed by atoms with Crippen molar-refractivity contribution in [2.75, 3.05) is 54.5 Å². The summed E-state index contributed by atoms with van der Waals surface area (Å²) in [5.74, 6) is -0.410. The normalized spacial score (nSPS) is 21.7. The Bertz CT molecular complexity index is 142. The molecule has 1 aliphatic rings. The topological polar surface area (TPSA) is 24.9 Å². The Hall–Kier alpha value is -0.160. The molecule has 1 saturated heterocycles. The second-order valence-electron chi connectivity index (χ2n) is 4.08. The van der Waals surface area contributed by atoms with Crippen molar-refractivity contribution in [3.8, 4) is 0 Å². The Morgan fingerprint density at radius 1 is 0.923 bits per heavy atom. The second-order valence-corrected chi connectivity index (χ2v) is 4.08. The fourth-order valence-electron chi connectivity index (χ4n) is 1.69. The summed E-state index contributed by atoms with van der Waals surface area (Å²) in [6, 6.07) is 0. The number of nitrogens with zero attached hydrogens (tertiary/aromatic N) is 2. The number of hydrogen-bond acceptors (Lipinski definition) is 4. The van der Waals surface area contributed by atoms with Crippen LogP contribution in [0.3, 0.4) is 0 Å². The van der Waals surface area contributed by atoms with Gasteiger partial charge in [0.05, 0.1) is 26.3 Å². The van der Waals surface area contributed by atoms with Gasteiger partial charge in [0.15, 0.2) is 5.79 Å². The maximum Gasteiger partial charge on any atom is 0.193 e. The highest BCUT2D eigenvalue weighted by atomic mass is 16.7. The summed E-state index contributed by atoms with van der Waals surface area (Å²) in [6.07, 6.45) is 0. The van der Waals surface area contributed by atoms with Crippen LogP contribution in [0.25, 0.3) is 0 Å². The summed E-state index contributed by atoms with van der Waals surface area (Å²) in [5.41, 5.74) is 0. The van der Waals surface area contributed by atoms with Gasteiger partial charge in [-0.2, -0.15) is 0 Å². The first-order valence-electron chi connectivity index (χ1n) is 4.61. The van der Waals surface area contributed by atoms with Crippen molar-refractivity contribution in [1.82, 2.24) is 9.80 Å². The van der Waals surface area contributed by atoms with Crippen LogP contribution >= 0.6 is 0 Å². The van der Waals surface area contributed by atoms with Gasteiger partial charge in [-0.25, -0.2) is 0 Å². The fraction of sp³-hybridized carbons (Fsp3) is 1.00. The van der Waals surface area contributed by atoms with E-state index in [9.17, 15) is 0 Å². The summed E-state index contributed by atoms with van der Waals surface area (Å²) in [5, 5.41) is 0. The van der Waals surface area contributed by atoms with Crippen molar-refractivity contribution in [1.29, 1.82) is 0 Å². The Labute approximate surface area is 80.4 Å². The lowest BCUT2D eigenvalue weighted by Gasteiger charge is -2.32. The molecule has 1 rings (SSSR count). The van der Waals surface area contributed by atoms with Crippen molar-refractivity contribution in [2.45, 2.75) is 5.79 Å². The molecule has 13 heavy (non-hydrogen) atoms. The first-order valence-corrected chi connectivity index (χ1v) is 4.61. The van der Waals surface area contributed by atoms with Gasteiger partial charge in [-0.1, -0.05) is 0 Å². The maximum atomic E-state index is 5.66. The molecule has 4 heteroatoms. The van der Waals surface area contributed by atoms with E-state index in [0.29, 0.717) is 13.2 Å². The molecule has 0 aromatic heterocycles. The van der Waals surface area contributed by atoms with Gasteiger partial charge in [0.2, 0.25) is 0 Å². The van der Waals surface area contributed by atoms with Crippen molar-refractivity contribution in [3.05, 3.63) is 0 Å². The average molecular weight is 188 g/mol. The highest BCUT2D eigenvalue weighted by Crippen LogP contribution is 2.20. The van der Waals surface area contributed by atoms with E-state index in [1.807, 2.05) is 28.2 Å². The number of rotatable bonds is 4. The Morgan fingerprint density at radius 3 is 1.62 bits per heavy atom. The zero-order valence-electron chi connectivity index (χ0n) is 9.04. The molecule has 0 aliphatic carbocycles. The zero-order chi connectivity index (χ0) is 9.90. The minimum Gasteiger partial charge on any atom is -0.345 e. The summed E-state index contributed by atoms with van der Waals surface area (Å²) >= 11 is 0. The van der Waals surface area contributed by atoms with Crippen molar-refractivity contribution in [3.63, 3.8) is 0 Å². The van der Waals surface area contributed by atoms with Gasteiger partial charge in [0, 0.05) is 0 Å². The molecule has 78 valence electrons. The van der Waals surface area contributed by atoms with Gasteiger partial charge in [0.25, 0.3) is 0 Å². The van der Waals surface area contributed by atoms with E-state index in [1.54, 1.807) is 0 Å². The van der Waals surface area contributed by atoms with Crippen LogP contribution < -0.4 is 0 Å². The lowest BCUT2D eigenvalue weighted by Crippen LogP contribution is -2.48. The van der Waals surface area contributed by atoms with Crippen LogP contribution in [-0.4, -0.2) is 70.1 Å². The summed E-state index contributed by atoms with van der Waals surface area (Å²) in [6.45, 7) is 3.04. The lowest BCUT2D eigenvalue weighted by molar-refractivity contribution is -0.174. The van der Waals surface area contributed by atoms with Gasteiger partial charge < -0.3 is 19.3 Å². The van der Waals surface area contributed by atoms with Crippen molar-refractivity contribution in [2.24, 2.45) is 0 Å². The fourth-order valence-corrected chi connectivity index (χ4v) is 1.69. The Morgan fingerprint density at radius 2 is 1.31 bits per heavy atom. The molecule has 1 fully saturated rings. The third kappa shape index (κ3) is 3.23. The molecule has 0 amide bonds. The molecule has 0 spiro atoms. The average Bonchev–Trinajstić information content (AvgIpc) is 2.33. The minimum atomic E-state index is -0.410. The molecule has 0 bridgehead atoms. The third-order valence-electron chi connectivity index (χ3n) is 1.93. The molecule has 0 atom stereocenters. The van der Waals surface area contributed by atoms with Crippen molar-refractivity contribution >= 4 is 0 Å². The lowest BCUT2D eigenvalue weighted by atomic mass is 10.2. The van der Waals surface area contributed by atoms with Crippen LogP contribution in [0.1, 0.15) is 0 Å². The van der Waals surface area contributed by atoms with E-state index in [0.717, 1.165) is 13.1 Å². The molecule has 0 unspecified atom stereocenters. The van der Waals surface area contributed by atoms with Crippen LogP contribution in [0, 0.1) is 0 Å². The van der Waals surface area contributed by atoms with Gasteiger partial charge in [-0.3, -0.25) is 0 Å². The molecular weight excluding hydrogens is 168 g/mol. The number of likely N-dealkylation sites (N-methyl/N-ethyl adjacent to an activating group) is 2. The van der Waals surface area contributed by atoms with E-state index < -0.39 is 5.79 Å². The van der Waals surface area contributed by atoms with Crippen LogP contribution in [-0.2, 0) is 9.47 Å². The van der Waals surface area contributed by atoms with E-state index in [-0.39, 0.29) is 0 Å². The monoisotopic (exact) mass is 188 g/mol. The van der Waals surface area contributed by atoms with Gasteiger partial charge >= 0.3 is 0 Å². The Kier molecular flexibility index (Phi) is 3.67. The smallest absolute Gasteiger partial charge is 0.193 e. The molecule has 1 aliphatic heterocycles. The summed E-state index contributed by atoms with van der Waals surface area (Å²) in [4.78, 5) is 4.18. The quantitative estimate of drug-likeness (QED) is 0.613. The maximum absolute atomic E-state index is 5.66. The molecule has 0 saturated carbocycles. The highest BCUT2D eigenvalue weighted by Gasteiger charge is 2.37. The largest absolute Gasteiger partial charge is 0.345 e. The molecule has 1 heterocycles. The molecule has 0 aromatic carbocycles. The first kappa shape index (κ1) is 10.9. The SMILES string of the molecule is CN(C)CC1(CN(C)C)OCCO1. The van der Waals surface area contributed by atoms with Gasteiger partial charge in [0.1, 0.15) is 0 Å². The molecule has 4 nitrogen and oxygen atoms in total. The Balaban J connectivity index is 2.52. The predicted octanol–water partition coefficient (Wildman–Crippen LogP) is -0.147. The predicted molar refractivity (Wildman–Crippen MR) is 51.7 cm³/mol. The van der Waals surface area contributed by atoms with Crippen molar-refractivity contribution < 1.29 is 9.47 Å². The first-order chi connectivity index (χ1) is 6.04. The zero-order valence-corrected chi connectivity index (χ0v) is 9.04. The molecular formula is C9H20N2O2. The summed E-state index contributed by atoms with van der Waals surface area (Å²) < 4.78 is 11.3. The third-order valence-corrected chi connectivity index (χ3v) is 1.93. The van der Waals surface area contributed by atoms with Crippen LogP contribution in [0.2, 0.25) is 0 Å². The number of ether oxygens (including phenoxy) is 2. The molecule has 0 radical (unpaired) electrons. The highest BCUT2D eigenvalue weighted by molar-refractivity contribution is 4.79.